The monoisotopic (exact) mass is 327 g/mol. The maximum Gasteiger partial charge on any atom is 0.409 e. The molecule has 1 aromatic carbocycles. The number of nitrogens with zero attached hydrogens (tertiary/aromatic N) is 3. The van der Waals surface area contributed by atoms with Crippen molar-refractivity contribution in [3.8, 4) is 0 Å². The topological polar surface area (TPSA) is 47.4 Å². The number of hydrogen-bond acceptors (Lipinski definition) is 3. The average Bonchev–Trinajstić information content (AvgIpc) is 3.12. The van der Waals surface area contributed by atoms with Crippen molar-refractivity contribution < 1.29 is 9.53 Å². The summed E-state index contributed by atoms with van der Waals surface area (Å²) in [5, 5.41) is 0. The van der Waals surface area contributed by atoms with Gasteiger partial charge in [0.1, 0.15) is 5.82 Å². The van der Waals surface area contributed by atoms with Gasteiger partial charge in [-0.25, -0.2) is 9.78 Å². The third-order valence-electron chi connectivity index (χ3n) is 4.77. The van der Waals surface area contributed by atoms with Crippen molar-refractivity contribution in [2.24, 2.45) is 0 Å². The summed E-state index contributed by atoms with van der Waals surface area (Å²) in [5.41, 5.74) is 1.27. The molecule has 1 amide bonds. The summed E-state index contributed by atoms with van der Waals surface area (Å²) in [7, 11) is 0. The summed E-state index contributed by atoms with van der Waals surface area (Å²) < 4.78 is 7.39. The van der Waals surface area contributed by atoms with Gasteiger partial charge in [0.05, 0.1) is 6.61 Å². The van der Waals surface area contributed by atoms with Crippen molar-refractivity contribution in [3.63, 3.8) is 0 Å². The average molecular weight is 327 g/mol. The molecule has 0 bridgehead atoms. The second-order valence-corrected chi connectivity index (χ2v) is 6.24. The minimum Gasteiger partial charge on any atom is -0.450 e. The molecule has 0 N–H and O–H groups in total. The number of carbonyl (C=O) groups is 1. The zero-order chi connectivity index (χ0) is 16.9. The molecule has 0 unspecified atom stereocenters. The van der Waals surface area contributed by atoms with E-state index in [9.17, 15) is 4.79 Å². The van der Waals surface area contributed by atoms with E-state index in [1.165, 1.54) is 5.56 Å². The molecule has 24 heavy (non-hydrogen) atoms. The van der Waals surface area contributed by atoms with Crippen molar-refractivity contribution >= 4 is 6.09 Å². The zero-order valence-corrected chi connectivity index (χ0v) is 14.4. The Morgan fingerprint density at radius 2 is 2.00 bits per heavy atom. The minimum absolute atomic E-state index is 0.195. The number of ether oxygens (including phenoxy) is 1. The van der Waals surface area contributed by atoms with Crippen LogP contribution in [0.3, 0.4) is 0 Å². The van der Waals surface area contributed by atoms with Gasteiger partial charge in [0.2, 0.25) is 0 Å². The maximum absolute atomic E-state index is 11.8. The fourth-order valence-corrected chi connectivity index (χ4v) is 3.40. The molecule has 1 aromatic heterocycles. The molecule has 1 saturated heterocycles. The molecule has 5 heteroatoms. The molecule has 3 rings (SSSR count). The highest BCUT2D eigenvalue weighted by atomic mass is 16.6. The van der Waals surface area contributed by atoms with Crippen LogP contribution in [0.4, 0.5) is 4.79 Å². The fraction of sp³-hybridized carbons (Fsp3) is 0.474. The maximum atomic E-state index is 11.8. The Bertz CT molecular complexity index is 660. The predicted octanol–water partition coefficient (Wildman–Crippen LogP) is 3.83. The second-order valence-electron chi connectivity index (χ2n) is 6.24. The van der Waals surface area contributed by atoms with Gasteiger partial charge in [0.25, 0.3) is 0 Å². The molecule has 1 aliphatic rings. The zero-order valence-electron chi connectivity index (χ0n) is 14.4. The number of benzene rings is 1. The Labute approximate surface area is 143 Å². The molecule has 0 saturated carbocycles. The number of rotatable bonds is 4. The molecule has 1 atom stereocenters. The van der Waals surface area contributed by atoms with Crippen LogP contribution in [0.5, 0.6) is 0 Å². The summed E-state index contributed by atoms with van der Waals surface area (Å²) in [5.74, 6) is 1.35. The van der Waals surface area contributed by atoms with Crippen molar-refractivity contribution in [2.45, 2.75) is 38.6 Å². The first-order valence-electron chi connectivity index (χ1n) is 8.70. The van der Waals surface area contributed by atoms with Gasteiger partial charge in [-0.3, -0.25) is 0 Å². The molecule has 2 aromatic rings. The molecule has 0 radical (unpaired) electrons. The van der Waals surface area contributed by atoms with E-state index in [1.807, 2.05) is 19.2 Å². The molecule has 128 valence electrons. The lowest BCUT2D eigenvalue weighted by Gasteiger charge is -2.33. The molecule has 0 spiro atoms. The summed E-state index contributed by atoms with van der Waals surface area (Å²) in [4.78, 5) is 18.2. The first-order valence-corrected chi connectivity index (χ1v) is 8.70. The van der Waals surface area contributed by atoms with Crippen LogP contribution < -0.4 is 0 Å². The predicted molar refractivity (Wildman–Crippen MR) is 93.1 cm³/mol. The fourth-order valence-electron chi connectivity index (χ4n) is 3.40. The van der Waals surface area contributed by atoms with E-state index in [1.54, 1.807) is 4.90 Å². The van der Waals surface area contributed by atoms with E-state index in [2.05, 4.69) is 46.9 Å². The summed E-state index contributed by atoms with van der Waals surface area (Å²) >= 11 is 0. The standard InChI is InChI=1S/C19H25N3O2/c1-3-24-19(23)21-12-9-17(10-13-21)22-14-11-20-18(22)15(2)16-7-5-4-6-8-16/h4-8,11,14-15,17H,3,9-10,12-13H2,1-2H3/t15-/m1/s1. The van der Waals surface area contributed by atoms with Crippen LogP contribution in [-0.4, -0.2) is 40.2 Å². The third kappa shape index (κ3) is 3.45. The van der Waals surface area contributed by atoms with Gasteiger partial charge < -0.3 is 14.2 Å². The number of imidazole rings is 1. The molecule has 1 aliphatic heterocycles. The lowest BCUT2D eigenvalue weighted by Crippen LogP contribution is -2.39. The van der Waals surface area contributed by atoms with Crippen molar-refractivity contribution in [3.05, 3.63) is 54.1 Å². The molecular weight excluding hydrogens is 302 g/mol. The number of hydrogen-bond donors (Lipinski definition) is 0. The Morgan fingerprint density at radius 3 is 2.67 bits per heavy atom. The van der Waals surface area contributed by atoms with E-state index in [0.29, 0.717) is 12.6 Å². The Hall–Kier alpha value is -2.30. The second kappa shape index (κ2) is 7.51. The number of piperidine rings is 1. The number of likely N-dealkylation sites (tertiary alicyclic amines) is 1. The van der Waals surface area contributed by atoms with Gasteiger partial charge in [-0.2, -0.15) is 0 Å². The first kappa shape index (κ1) is 16.6. The van der Waals surface area contributed by atoms with Gasteiger partial charge in [0.15, 0.2) is 0 Å². The van der Waals surface area contributed by atoms with Gasteiger partial charge >= 0.3 is 6.09 Å². The molecule has 1 fully saturated rings. The highest BCUT2D eigenvalue weighted by Gasteiger charge is 2.26. The van der Waals surface area contributed by atoms with E-state index in [4.69, 9.17) is 4.74 Å². The van der Waals surface area contributed by atoms with E-state index in [-0.39, 0.29) is 12.0 Å². The highest BCUT2D eigenvalue weighted by molar-refractivity contribution is 5.67. The quantitative estimate of drug-likeness (QED) is 0.857. The van der Waals surface area contributed by atoms with Crippen LogP contribution in [0, 0.1) is 0 Å². The van der Waals surface area contributed by atoms with Crippen LogP contribution in [0.25, 0.3) is 0 Å². The van der Waals surface area contributed by atoms with Gasteiger partial charge in [-0.1, -0.05) is 37.3 Å². The van der Waals surface area contributed by atoms with Crippen molar-refractivity contribution in [2.75, 3.05) is 19.7 Å². The molecule has 0 aliphatic carbocycles. The smallest absolute Gasteiger partial charge is 0.409 e. The third-order valence-corrected chi connectivity index (χ3v) is 4.77. The van der Waals surface area contributed by atoms with Gasteiger partial charge in [-0.15, -0.1) is 0 Å². The molecular formula is C19H25N3O2. The van der Waals surface area contributed by atoms with E-state index in [0.717, 1.165) is 31.8 Å². The first-order chi connectivity index (χ1) is 11.7. The normalized spacial score (nSPS) is 16.8. The summed E-state index contributed by atoms with van der Waals surface area (Å²) in [6.07, 6.45) is 5.62. The van der Waals surface area contributed by atoms with Crippen LogP contribution in [0.15, 0.2) is 42.7 Å². The highest BCUT2D eigenvalue weighted by Crippen LogP contribution is 2.29. The van der Waals surface area contributed by atoms with Crippen LogP contribution in [0.2, 0.25) is 0 Å². The largest absolute Gasteiger partial charge is 0.450 e. The lowest BCUT2D eigenvalue weighted by molar-refractivity contribution is 0.0924. The summed E-state index contributed by atoms with van der Waals surface area (Å²) in [6.45, 7) is 5.94. The van der Waals surface area contributed by atoms with E-state index >= 15 is 0 Å². The lowest BCUT2D eigenvalue weighted by atomic mass is 9.99. The van der Waals surface area contributed by atoms with Crippen LogP contribution in [0.1, 0.15) is 50.0 Å². The Balaban J connectivity index is 1.69. The molecule has 5 nitrogen and oxygen atoms in total. The van der Waals surface area contributed by atoms with Crippen LogP contribution in [-0.2, 0) is 4.74 Å². The number of aromatic nitrogens is 2. The van der Waals surface area contributed by atoms with Crippen LogP contribution >= 0.6 is 0 Å². The van der Waals surface area contributed by atoms with Crippen molar-refractivity contribution in [1.82, 2.24) is 14.5 Å². The number of amides is 1. The number of carbonyl (C=O) groups excluding carboxylic acids is 1. The summed E-state index contributed by atoms with van der Waals surface area (Å²) in [6, 6.07) is 10.8. The van der Waals surface area contributed by atoms with Gasteiger partial charge in [0, 0.05) is 37.4 Å². The minimum atomic E-state index is -0.195. The van der Waals surface area contributed by atoms with Crippen molar-refractivity contribution in [1.29, 1.82) is 0 Å². The molecule has 2 heterocycles. The Morgan fingerprint density at radius 1 is 1.29 bits per heavy atom. The van der Waals surface area contributed by atoms with Gasteiger partial charge in [-0.05, 0) is 25.3 Å². The SMILES string of the molecule is CCOC(=O)N1CCC(n2ccnc2[C@H](C)c2ccccc2)CC1. The van der Waals surface area contributed by atoms with E-state index < -0.39 is 0 Å². The Kier molecular flexibility index (Phi) is 5.18.